The van der Waals surface area contributed by atoms with E-state index in [0.717, 1.165) is 0 Å². The van der Waals surface area contributed by atoms with Crippen LogP contribution >= 0.6 is 11.6 Å². The normalized spacial score (nSPS) is 20.8. The van der Waals surface area contributed by atoms with E-state index in [0.29, 0.717) is 16.3 Å². The number of aliphatic carboxylic acids is 1. The van der Waals surface area contributed by atoms with Crippen molar-refractivity contribution in [2.45, 2.75) is 12.5 Å². The van der Waals surface area contributed by atoms with E-state index >= 15 is 0 Å². The molecule has 1 aliphatic heterocycles. The summed E-state index contributed by atoms with van der Waals surface area (Å²) in [6.07, 6.45) is -0.282. The van der Waals surface area contributed by atoms with Gasteiger partial charge in [-0.25, -0.2) is 8.42 Å². The van der Waals surface area contributed by atoms with Crippen molar-refractivity contribution in [3.8, 4) is 6.07 Å². The zero-order chi connectivity index (χ0) is 15.6. The predicted octanol–water partition coefficient (Wildman–Crippen LogP) is 1.29. The number of rotatable bonds is 3. The third kappa shape index (κ3) is 3.65. The second-order valence-corrected chi connectivity index (χ2v) is 7.47. The summed E-state index contributed by atoms with van der Waals surface area (Å²) in [7, 11) is -3.24. The Hall–Kier alpha value is -1.78. The lowest BCUT2D eigenvalue weighted by Crippen LogP contribution is -2.49. The number of halogens is 1. The van der Waals surface area contributed by atoms with Crippen molar-refractivity contribution < 1.29 is 18.3 Å². The highest BCUT2D eigenvalue weighted by atomic mass is 35.5. The first kappa shape index (κ1) is 15.6. The fraction of sp³-hybridized carbons (Fsp3) is 0.385. The van der Waals surface area contributed by atoms with Crippen LogP contribution in [0.5, 0.6) is 0 Å². The summed E-state index contributed by atoms with van der Waals surface area (Å²) in [5.41, 5.74) is 0.944. The maximum absolute atomic E-state index is 11.7. The molecule has 0 amide bonds. The van der Waals surface area contributed by atoms with Gasteiger partial charge in [0.25, 0.3) is 0 Å². The van der Waals surface area contributed by atoms with Crippen LogP contribution in [-0.4, -0.2) is 43.6 Å². The van der Waals surface area contributed by atoms with Gasteiger partial charge in [-0.1, -0.05) is 11.6 Å². The first-order valence-electron chi connectivity index (χ1n) is 6.21. The number of hydrogen-bond acceptors (Lipinski definition) is 5. The van der Waals surface area contributed by atoms with Crippen LogP contribution in [0.1, 0.15) is 12.0 Å². The quantitative estimate of drug-likeness (QED) is 0.897. The van der Waals surface area contributed by atoms with Crippen molar-refractivity contribution in [2.75, 3.05) is 23.0 Å². The zero-order valence-corrected chi connectivity index (χ0v) is 12.6. The lowest BCUT2D eigenvalue weighted by molar-refractivity contribution is -0.137. The van der Waals surface area contributed by atoms with Crippen LogP contribution in [0, 0.1) is 11.3 Å². The molecule has 1 aliphatic rings. The monoisotopic (exact) mass is 328 g/mol. The number of nitrogens with zero attached hydrogens (tertiary/aromatic N) is 2. The zero-order valence-electron chi connectivity index (χ0n) is 11.0. The van der Waals surface area contributed by atoms with Crippen molar-refractivity contribution in [2.24, 2.45) is 0 Å². The highest BCUT2D eigenvalue weighted by Crippen LogP contribution is 2.31. The summed E-state index contributed by atoms with van der Waals surface area (Å²) < 4.78 is 23.4. The maximum atomic E-state index is 11.7. The van der Waals surface area contributed by atoms with Gasteiger partial charge in [-0.2, -0.15) is 5.26 Å². The number of carbonyl (C=O) groups is 1. The van der Waals surface area contributed by atoms with Crippen LogP contribution in [0.2, 0.25) is 5.02 Å². The average molecular weight is 329 g/mol. The number of carboxylic acids is 1. The molecule has 1 N–H and O–H groups in total. The van der Waals surface area contributed by atoms with E-state index < -0.39 is 21.8 Å². The first-order valence-corrected chi connectivity index (χ1v) is 8.41. The molecule has 21 heavy (non-hydrogen) atoms. The smallest absolute Gasteiger partial charge is 0.305 e. The molecule has 0 aliphatic carbocycles. The lowest BCUT2D eigenvalue weighted by atomic mass is 10.1. The van der Waals surface area contributed by atoms with Crippen LogP contribution in [0.3, 0.4) is 0 Å². The number of nitriles is 1. The third-order valence-corrected chi connectivity index (χ3v) is 5.33. The molecule has 1 aromatic carbocycles. The van der Waals surface area contributed by atoms with E-state index in [-0.39, 0.29) is 24.5 Å². The standard InChI is InChI=1S/C13H13ClN2O4S/c14-11-5-9(7-15)1-2-12(11)16-3-4-21(19,20)8-10(16)6-13(17)18/h1-2,5,10H,3-4,6,8H2,(H,17,18). The molecule has 0 bridgehead atoms. The molecule has 1 saturated heterocycles. The van der Waals surface area contributed by atoms with Gasteiger partial charge in [-0.05, 0) is 18.2 Å². The van der Waals surface area contributed by atoms with Crippen LogP contribution in [0.15, 0.2) is 18.2 Å². The molecule has 0 radical (unpaired) electrons. The minimum Gasteiger partial charge on any atom is -0.481 e. The summed E-state index contributed by atoms with van der Waals surface area (Å²) in [4.78, 5) is 12.6. The lowest BCUT2D eigenvalue weighted by Gasteiger charge is -2.37. The molecule has 1 heterocycles. The van der Waals surface area contributed by atoms with E-state index in [1.807, 2.05) is 6.07 Å². The van der Waals surface area contributed by atoms with Gasteiger partial charge < -0.3 is 10.0 Å². The molecule has 1 aromatic rings. The van der Waals surface area contributed by atoms with Gasteiger partial charge in [0, 0.05) is 6.54 Å². The van der Waals surface area contributed by atoms with Crippen molar-refractivity contribution >= 4 is 33.1 Å². The Morgan fingerprint density at radius 1 is 1.52 bits per heavy atom. The van der Waals surface area contributed by atoms with Crippen LogP contribution < -0.4 is 4.90 Å². The van der Waals surface area contributed by atoms with E-state index in [2.05, 4.69) is 0 Å². The molecular weight excluding hydrogens is 316 g/mol. The molecule has 6 nitrogen and oxygen atoms in total. The number of anilines is 1. The Bertz CT molecular complexity index is 711. The number of carboxylic acid groups (broad SMARTS) is 1. The summed E-state index contributed by atoms with van der Waals surface area (Å²) in [5.74, 6) is -1.32. The first-order chi connectivity index (χ1) is 9.82. The summed E-state index contributed by atoms with van der Waals surface area (Å²) in [5, 5.41) is 18.1. The number of hydrogen-bond donors (Lipinski definition) is 1. The molecule has 112 valence electrons. The van der Waals surface area contributed by atoms with E-state index in [9.17, 15) is 13.2 Å². The number of benzene rings is 1. The van der Waals surface area contributed by atoms with Crippen molar-refractivity contribution in [3.63, 3.8) is 0 Å². The predicted molar refractivity (Wildman–Crippen MR) is 78.2 cm³/mol. The van der Waals surface area contributed by atoms with Crippen LogP contribution in [-0.2, 0) is 14.6 Å². The third-order valence-electron chi connectivity index (χ3n) is 3.33. The molecule has 1 unspecified atom stereocenters. The summed E-state index contributed by atoms with van der Waals surface area (Å²) in [6, 6.07) is 5.98. The topological polar surface area (TPSA) is 98.5 Å². The van der Waals surface area contributed by atoms with Gasteiger partial charge in [0.15, 0.2) is 9.84 Å². The minimum atomic E-state index is -3.24. The van der Waals surface area contributed by atoms with Gasteiger partial charge in [-0.15, -0.1) is 0 Å². The molecule has 8 heteroatoms. The molecule has 1 fully saturated rings. The largest absolute Gasteiger partial charge is 0.481 e. The Balaban J connectivity index is 2.36. The summed E-state index contributed by atoms with van der Waals surface area (Å²) >= 11 is 6.12. The SMILES string of the molecule is N#Cc1ccc(N2CCS(=O)(=O)CC2CC(=O)O)c(Cl)c1. The second-order valence-electron chi connectivity index (χ2n) is 4.84. The van der Waals surface area contributed by atoms with Crippen molar-refractivity contribution in [1.29, 1.82) is 5.26 Å². The molecule has 0 aromatic heterocycles. The molecule has 0 saturated carbocycles. The van der Waals surface area contributed by atoms with Crippen LogP contribution in [0.25, 0.3) is 0 Å². The van der Waals surface area contributed by atoms with E-state index in [4.69, 9.17) is 22.0 Å². The molecule has 0 spiro atoms. The van der Waals surface area contributed by atoms with Gasteiger partial charge in [0.05, 0.1) is 46.3 Å². The molecule has 2 rings (SSSR count). The number of sulfone groups is 1. The van der Waals surface area contributed by atoms with Gasteiger partial charge >= 0.3 is 5.97 Å². The Kier molecular flexibility index (Phi) is 4.40. The summed E-state index contributed by atoms with van der Waals surface area (Å²) in [6.45, 7) is 0.186. The van der Waals surface area contributed by atoms with Crippen molar-refractivity contribution in [3.05, 3.63) is 28.8 Å². The minimum absolute atomic E-state index is 0.0422. The maximum Gasteiger partial charge on any atom is 0.305 e. The van der Waals surface area contributed by atoms with E-state index in [1.165, 1.54) is 6.07 Å². The fourth-order valence-electron chi connectivity index (χ4n) is 2.38. The highest BCUT2D eigenvalue weighted by molar-refractivity contribution is 7.91. The van der Waals surface area contributed by atoms with E-state index in [1.54, 1.807) is 17.0 Å². The van der Waals surface area contributed by atoms with Gasteiger partial charge in [-0.3, -0.25) is 4.79 Å². The molecular formula is C13H13ClN2O4S. The molecule has 1 atom stereocenters. The fourth-order valence-corrected chi connectivity index (χ4v) is 4.20. The van der Waals surface area contributed by atoms with Gasteiger partial charge in [0.2, 0.25) is 0 Å². The highest BCUT2D eigenvalue weighted by Gasteiger charge is 2.33. The van der Waals surface area contributed by atoms with Crippen LogP contribution in [0.4, 0.5) is 5.69 Å². The Morgan fingerprint density at radius 2 is 2.24 bits per heavy atom. The van der Waals surface area contributed by atoms with Crippen molar-refractivity contribution in [1.82, 2.24) is 0 Å². The second kappa shape index (κ2) is 5.92. The average Bonchev–Trinajstić information content (AvgIpc) is 2.38. The Morgan fingerprint density at radius 3 is 2.81 bits per heavy atom. The Labute approximate surface area is 127 Å². The van der Waals surface area contributed by atoms with Gasteiger partial charge in [0.1, 0.15) is 0 Å².